The molecule has 1 aliphatic carbocycles. The Morgan fingerprint density at radius 2 is 2.06 bits per heavy atom. The van der Waals surface area contributed by atoms with E-state index in [0.717, 1.165) is 18.0 Å². The van der Waals surface area contributed by atoms with E-state index in [1.165, 1.54) is 38.2 Å². The molecule has 1 fully saturated rings. The van der Waals surface area contributed by atoms with Gasteiger partial charge in [-0.15, -0.1) is 0 Å². The summed E-state index contributed by atoms with van der Waals surface area (Å²) in [6, 6.07) is 5.46. The molecule has 0 spiro atoms. The van der Waals surface area contributed by atoms with Crippen LogP contribution in [0.1, 0.15) is 44.6 Å². The second kappa shape index (κ2) is 6.53. The van der Waals surface area contributed by atoms with Crippen LogP contribution in [0.5, 0.6) is 0 Å². The Labute approximate surface area is 114 Å². The molecule has 1 N–H and O–H groups in total. The zero-order valence-electron chi connectivity index (χ0n) is 10.9. The highest BCUT2D eigenvalue weighted by atomic mass is 35.5. The SMILES string of the molecule is C[C@H](NCc1ccc(F)c(Cl)c1)C1CCCCC1. The molecule has 1 aromatic carbocycles. The minimum absolute atomic E-state index is 0.208. The van der Waals surface area contributed by atoms with Crippen LogP contribution < -0.4 is 5.32 Å². The van der Waals surface area contributed by atoms with Gasteiger partial charge in [-0.2, -0.15) is 0 Å². The molecule has 0 unspecified atom stereocenters. The fourth-order valence-corrected chi connectivity index (χ4v) is 2.93. The maximum absolute atomic E-state index is 13.0. The lowest BCUT2D eigenvalue weighted by atomic mass is 9.84. The van der Waals surface area contributed by atoms with E-state index in [1.807, 2.05) is 0 Å². The maximum Gasteiger partial charge on any atom is 0.141 e. The van der Waals surface area contributed by atoms with E-state index in [9.17, 15) is 4.39 Å². The van der Waals surface area contributed by atoms with Crippen LogP contribution in [0.25, 0.3) is 0 Å². The highest BCUT2D eigenvalue weighted by molar-refractivity contribution is 6.30. The molecule has 0 saturated heterocycles. The van der Waals surface area contributed by atoms with Crippen molar-refractivity contribution in [2.24, 2.45) is 5.92 Å². The van der Waals surface area contributed by atoms with Gasteiger partial charge in [0, 0.05) is 12.6 Å². The summed E-state index contributed by atoms with van der Waals surface area (Å²) in [6.45, 7) is 3.01. The maximum atomic E-state index is 13.0. The quantitative estimate of drug-likeness (QED) is 0.846. The van der Waals surface area contributed by atoms with Gasteiger partial charge in [-0.25, -0.2) is 4.39 Å². The first-order chi connectivity index (χ1) is 8.66. The average Bonchev–Trinajstić information content (AvgIpc) is 2.41. The van der Waals surface area contributed by atoms with Gasteiger partial charge in [0.2, 0.25) is 0 Å². The molecule has 0 heterocycles. The first-order valence-corrected chi connectivity index (χ1v) is 7.22. The second-order valence-corrected chi connectivity index (χ2v) is 5.72. The van der Waals surface area contributed by atoms with E-state index >= 15 is 0 Å². The highest BCUT2D eigenvalue weighted by Crippen LogP contribution is 2.26. The number of rotatable bonds is 4. The predicted molar refractivity (Wildman–Crippen MR) is 74.3 cm³/mol. The molecular formula is C15H21ClFN. The topological polar surface area (TPSA) is 12.0 Å². The summed E-state index contributed by atoms with van der Waals surface area (Å²) < 4.78 is 13.0. The van der Waals surface area contributed by atoms with Crippen LogP contribution in [0.4, 0.5) is 4.39 Å². The van der Waals surface area contributed by atoms with Gasteiger partial charge in [0.25, 0.3) is 0 Å². The lowest BCUT2D eigenvalue weighted by Crippen LogP contribution is -2.34. The predicted octanol–water partition coefficient (Wildman–Crippen LogP) is 4.54. The Hall–Kier alpha value is -0.600. The summed E-state index contributed by atoms with van der Waals surface area (Å²) in [5.74, 6) is 0.440. The van der Waals surface area contributed by atoms with Gasteiger partial charge in [0.05, 0.1) is 5.02 Å². The number of halogens is 2. The highest BCUT2D eigenvalue weighted by Gasteiger charge is 2.19. The molecule has 0 bridgehead atoms. The van der Waals surface area contributed by atoms with Crippen LogP contribution in [0.15, 0.2) is 18.2 Å². The van der Waals surface area contributed by atoms with Crippen LogP contribution in [0, 0.1) is 11.7 Å². The van der Waals surface area contributed by atoms with E-state index in [4.69, 9.17) is 11.6 Å². The lowest BCUT2D eigenvalue weighted by molar-refractivity contribution is 0.280. The summed E-state index contributed by atoms with van der Waals surface area (Å²) in [6.07, 6.45) is 6.77. The standard InChI is InChI=1S/C15H21ClFN/c1-11(13-5-3-2-4-6-13)18-10-12-7-8-15(17)14(16)9-12/h7-9,11,13,18H,2-6,10H2,1H3/t11-/m0/s1. The number of hydrogen-bond donors (Lipinski definition) is 1. The molecule has 2 rings (SSSR count). The third-order valence-electron chi connectivity index (χ3n) is 3.97. The van der Waals surface area contributed by atoms with Gasteiger partial charge < -0.3 is 5.32 Å². The van der Waals surface area contributed by atoms with Crippen molar-refractivity contribution in [2.75, 3.05) is 0 Å². The van der Waals surface area contributed by atoms with Crippen LogP contribution in [0.3, 0.4) is 0 Å². The second-order valence-electron chi connectivity index (χ2n) is 5.32. The van der Waals surface area contributed by atoms with Crippen LogP contribution in [-0.2, 0) is 6.54 Å². The number of hydrogen-bond acceptors (Lipinski definition) is 1. The molecule has 0 radical (unpaired) electrons. The Bertz CT molecular complexity index is 388. The van der Waals surface area contributed by atoms with Crippen molar-refractivity contribution < 1.29 is 4.39 Å². The normalized spacial score (nSPS) is 18.8. The molecule has 1 aliphatic rings. The Balaban J connectivity index is 1.84. The molecule has 1 nitrogen and oxygen atoms in total. The molecule has 0 aliphatic heterocycles. The third-order valence-corrected chi connectivity index (χ3v) is 4.26. The minimum atomic E-state index is -0.347. The van der Waals surface area contributed by atoms with Crippen molar-refractivity contribution in [1.82, 2.24) is 5.32 Å². The van der Waals surface area contributed by atoms with Gasteiger partial charge in [-0.1, -0.05) is 36.9 Å². The number of benzene rings is 1. The van der Waals surface area contributed by atoms with Gasteiger partial charge in [-0.05, 0) is 43.4 Å². The van der Waals surface area contributed by atoms with E-state index in [1.54, 1.807) is 12.1 Å². The van der Waals surface area contributed by atoms with Crippen LogP contribution in [-0.4, -0.2) is 6.04 Å². The lowest BCUT2D eigenvalue weighted by Gasteiger charge is -2.28. The van der Waals surface area contributed by atoms with E-state index in [2.05, 4.69) is 12.2 Å². The van der Waals surface area contributed by atoms with Crippen LogP contribution >= 0.6 is 11.6 Å². The summed E-state index contributed by atoms with van der Waals surface area (Å²) in [5, 5.41) is 3.74. The largest absolute Gasteiger partial charge is 0.310 e. The molecule has 1 aromatic rings. The number of nitrogens with one attached hydrogen (secondary N) is 1. The summed E-state index contributed by atoms with van der Waals surface area (Å²) in [7, 11) is 0. The van der Waals surface area contributed by atoms with E-state index in [0.29, 0.717) is 6.04 Å². The fourth-order valence-electron chi connectivity index (χ4n) is 2.73. The molecular weight excluding hydrogens is 249 g/mol. The zero-order valence-corrected chi connectivity index (χ0v) is 11.6. The summed E-state index contributed by atoms with van der Waals surface area (Å²) >= 11 is 5.78. The molecule has 1 atom stereocenters. The molecule has 1 saturated carbocycles. The molecule has 100 valence electrons. The Kier molecular flexibility index (Phi) is 5.02. The van der Waals surface area contributed by atoms with Crippen molar-refractivity contribution in [2.45, 2.75) is 51.6 Å². The first-order valence-electron chi connectivity index (χ1n) is 6.84. The fraction of sp³-hybridized carbons (Fsp3) is 0.600. The summed E-state index contributed by atoms with van der Waals surface area (Å²) in [5.41, 5.74) is 1.05. The molecule has 0 amide bonds. The smallest absolute Gasteiger partial charge is 0.141 e. The van der Waals surface area contributed by atoms with Crippen molar-refractivity contribution in [3.8, 4) is 0 Å². The zero-order chi connectivity index (χ0) is 13.0. The van der Waals surface area contributed by atoms with Gasteiger partial charge in [0.15, 0.2) is 0 Å². The van der Waals surface area contributed by atoms with Crippen molar-refractivity contribution in [3.63, 3.8) is 0 Å². The van der Waals surface area contributed by atoms with Crippen LogP contribution in [0.2, 0.25) is 5.02 Å². The van der Waals surface area contributed by atoms with Crippen molar-refractivity contribution >= 4 is 11.6 Å². The van der Waals surface area contributed by atoms with Gasteiger partial charge >= 0.3 is 0 Å². The summed E-state index contributed by atoms with van der Waals surface area (Å²) in [4.78, 5) is 0. The minimum Gasteiger partial charge on any atom is -0.310 e. The van der Waals surface area contributed by atoms with Crippen molar-refractivity contribution in [3.05, 3.63) is 34.6 Å². The molecule has 3 heteroatoms. The van der Waals surface area contributed by atoms with E-state index < -0.39 is 0 Å². The van der Waals surface area contributed by atoms with Gasteiger partial charge in [-0.3, -0.25) is 0 Å². The van der Waals surface area contributed by atoms with Gasteiger partial charge in [0.1, 0.15) is 5.82 Å². The Morgan fingerprint density at radius 1 is 1.33 bits per heavy atom. The Morgan fingerprint density at radius 3 is 2.72 bits per heavy atom. The molecule has 0 aromatic heterocycles. The first kappa shape index (κ1) is 13.8. The molecule has 18 heavy (non-hydrogen) atoms. The third kappa shape index (κ3) is 3.69. The monoisotopic (exact) mass is 269 g/mol. The van der Waals surface area contributed by atoms with Crippen molar-refractivity contribution in [1.29, 1.82) is 0 Å². The average molecular weight is 270 g/mol. The van der Waals surface area contributed by atoms with E-state index in [-0.39, 0.29) is 10.8 Å².